The molecule has 0 aliphatic heterocycles. The fraction of sp³-hybridized carbons (Fsp3) is 0.417. The Kier molecular flexibility index (Phi) is 2.29. The number of nitrogens with two attached hydrogens (primary N) is 1. The highest BCUT2D eigenvalue weighted by molar-refractivity contribution is 5.74. The first-order valence-corrected chi connectivity index (χ1v) is 5.69. The Hall–Kier alpha value is -1.55. The van der Waals surface area contributed by atoms with E-state index in [1.165, 1.54) is 12.8 Å². The van der Waals surface area contributed by atoms with Gasteiger partial charge in [-0.2, -0.15) is 4.98 Å². The zero-order chi connectivity index (χ0) is 11.0. The molecule has 1 aliphatic rings. The number of anilines is 1. The molecule has 0 spiro atoms. The minimum atomic E-state index is 0.299. The summed E-state index contributed by atoms with van der Waals surface area (Å²) in [7, 11) is 0. The third kappa shape index (κ3) is 1.76. The van der Waals surface area contributed by atoms with Gasteiger partial charge in [0, 0.05) is 12.6 Å². The summed E-state index contributed by atoms with van der Waals surface area (Å²) in [6.07, 6.45) is 2.52. The van der Waals surface area contributed by atoms with Crippen LogP contribution in [-0.4, -0.2) is 17.6 Å². The summed E-state index contributed by atoms with van der Waals surface area (Å²) in [4.78, 5) is 4.38. The van der Waals surface area contributed by atoms with Crippen LogP contribution in [0.2, 0.25) is 0 Å². The quantitative estimate of drug-likeness (QED) is 0.821. The van der Waals surface area contributed by atoms with Crippen molar-refractivity contribution in [2.45, 2.75) is 18.9 Å². The van der Waals surface area contributed by atoms with Gasteiger partial charge in [0.05, 0.1) is 0 Å². The standard InChI is InChI=1S/C12H15N3O/c13-7-10(8-5-6-8)15-12-14-9-3-1-2-4-11(9)16-12/h1-4,8,10H,5-7,13H2,(H,14,15). The van der Waals surface area contributed by atoms with Crippen LogP contribution in [0.5, 0.6) is 0 Å². The van der Waals surface area contributed by atoms with E-state index in [0.29, 0.717) is 24.5 Å². The second kappa shape index (κ2) is 3.79. The van der Waals surface area contributed by atoms with Crippen LogP contribution in [0.15, 0.2) is 28.7 Å². The maximum absolute atomic E-state index is 5.72. The molecule has 0 radical (unpaired) electrons. The monoisotopic (exact) mass is 217 g/mol. The number of aromatic nitrogens is 1. The Morgan fingerprint density at radius 3 is 2.94 bits per heavy atom. The van der Waals surface area contributed by atoms with Gasteiger partial charge in [0.15, 0.2) is 5.58 Å². The summed E-state index contributed by atoms with van der Waals surface area (Å²) < 4.78 is 5.60. The topological polar surface area (TPSA) is 64.1 Å². The number of nitrogens with zero attached hydrogens (tertiary/aromatic N) is 1. The molecule has 3 rings (SSSR count). The van der Waals surface area contributed by atoms with Gasteiger partial charge in [-0.25, -0.2) is 0 Å². The van der Waals surface area contributed by atoms with Crippen LogP contribution < -0.4 is 11.1 Å². The minimum absolute atomic E-state index is 0.299. The predicted molar refractivity (Wildman–Crippen MR) is 63.2 cm³/mol. The highest BCUT2D eigenvalue weighted by atomic mass is 16.4. The van der Waals surface area contributed by atoms with E-state index in [-0.39, 0.29) is 0 Å². The summed E-state index contributed by atoms with van der Waals surface area (Å²) in [5.41, 5.74) is 7.43. The molecule has 1 fully saturated rings. The molecule has 0 bridgehead atoms. The van der Waals surface area contributed by atoms with E-state index in [4.69, 9.17) is 10.2 Å². The molecule has 1 heterocycles. The van der Waals surface area contributed by atoms with Crippen LogP contribution >= 0.6 is 0 Å². The third-order valence-corrected chi connectivity index (χ3v) is 3.05. The number of nitrogens with one attached hydrogen (secondary N) is 1. The molecule has 84 valence electrons. The molecule has 1 atom stereocenters. The molecule has 3 N–H and O–H groups in total. The Balaban J connectivity index is 1.82. The minimum Gasteiger partial charge on any atom is -0.424 e. The Morgan fingerprint density at radius 2 is 2.25 bits per heavy atom. The molecule has 1 aromatic heterocycles. The van der Waals surface area contributed by atoms with Gasteiger partial charge in [-0.1, -0.05) is 12.1 Å². The Labute approximate surface area is 93.8 Å². The van der Waals surface area contributed by atoms with Crippen molar-refractivity contribution in [2.24, 2.45) is 11.7 Å². The molecule has 4 heteroatoms. The van der Waals surface area contributed by atoms with Gasteiger partial charge in [0.1, 0.15) is 5.52 Å². The molecule has 1 aromatic carbocycles. The van der Waals surface area contributed by atoms with E-state index in [2.05, 4.69) is 10.3 Å². The number of para-hydroxylation sites is 2. The van der Waals surface area contributed by atoms with Crippen molar-refractivity contribution in [2.75, 3.05) is 11.9 Å². The van der Waals surface area contributed by atoms with Crippen molar-refractivity contribution in [1.29, 1.82) is 0 Å². The lowest BCUT2D eigenvalue weighted by Gasteiger charge is -2.13. The van der Waals surface area contributed by atoms with Crippen molar-refractivity contribution < 1.29 is 4.42 Å². The number of oxazole rings is 1. The molecule has 0 saturated heterocycles. The van der Waals surface area contributed by atoms with E-state index in [0.717, 1.165) is 11.1 Å². The van der Waals surface area contributed by atoms with Gasteiger partial charge in [-0.15, -0.1) is 0 Å². The van der Waals surface area contributed by atoms with Crippen molar-refractivity contribution in [3.8, 4) is 0 Å². The number of hydrogen-bond donors (Lipinski definition) is 2. The van der Waals surface area contributed by atoms with Crippen LogP contribution in [-0.2, 0) is 0 Å². The molecule has 0 amide bonds. The van der Waals surface area contributed by atoms with E-state index in [1.54, 1.807) is 0 Å². The van der Waals surface area contributed by atoms with E-state index < -0.39 is 0 Å². The van der Waals surface area contributed by atoms with Gasteiger partial charge < -0.3 is 15.5 Å². The largest absolute Gasteiger partial charge is 0.424 e. The number of fused-ring (bicyclic) bond motifs is 1. The third-order valence-electron chi connectivity index (χ3n) is 3.05. The average molecular weight is 217 g/mol. The molecule has 1 saturated carbocycles. The summed E-state index contributed by atoms with van der Waals surface area (Å²) >= 11 is 0. The van der Waals surface area contributed by atoms with Crippen molar-refractivity contribution >= 4 is 17.1 Å². The lowest BCUT2D eigenvalue weighted by molar-refractivity contribution is 0.569. The van der Waals surface area contributed by atoms with Crippen LogP contribution in [0.3, 0.4) is 0 Å². The van der Waals surface area contributed by atoms with E-state index in [9.17, 15) is 0 Å². The smallest absolute Gasteiger partial charge is 0.295 e. The maximum Gasteiger partial charge on any atom is 0.295 e. The fourth-order valence-electron chi connectivity index (χ4n) is 1.96. The highest BCUT2D eigenvalue weighted by Crippen LogP contribution is 2.34. The summed E-state index contributed by atoms with van der Waals surface area (Å²) in [6.45, 7) is 0.628. The molecule has 1 unspecified atom stereocenters. The maximum atomic E-state index is 5.72. The van der Waals surface area contributed by atoms with Gasteiger partial charge >= 0.3 is 0 Å². The van der Waals surface area contributed by atoms with E-state index >= 15 is 0 Å². The lowest BCUT2D eigenvalue weighted by Crippen LogP contribution is -2.30. The van der Waals surface area contributed by atoms with Crippen LogP contribution in [0.25, 0.3) is 11.1 Å². The molecule has 2 aromatic rings. The fourth-order valence-corrected chi connectivity index (χ4v) is 1.96. The number of rotatable bonds is 4. The predicted octanol–water partition coefficient (Wildman–Crippen LogP) is 1.98. The zero-order valence-electron chi connectivity index (χ0n) is 9.02. The molecule has 1 aliphatic carbocycles. The van der Waals surface area contributed by atoms with Crippen molar-refractivity contribution in [3.05, 3.63) is 24.3 Å². The average Bonchev–Trinajstić information content (AvgIpc) is 3.06. The SMILES string of the molecule is NCC(Nc1nc2ccccc2o1)C1CC1. The molecular weight excluding hydrogens is 202 g/mol. The molecule has 4 nitrogen and oxygen atoms in total. The second-order valence-electron chi connectivity index (χ2n) is 4.31. The summed E-state index contributed by atoms with van der Waals surface area (Å²) in [5.74, 6) is 0.694. The van der Waals surface area contributed by atoms with Crippen molar-refractivity contribution in [1.82, 2.24) is 4.98 Å². The van der Waals surface area contributed by atoms with Gasteiger partial charge in [-0.3, -0.25) is 0 Å². The van der Waals surface area contributed by atoms with Gasteiger partial charge in [0.25, 0.3) is 6.01 Å². The first-order chi connectivity index (χ1) is 7.86. The summed E-state index contributed by atoms with van der Waals surface area (Å²) in [6, 6.07) is 8.64. The van der Waals surface area contributed by atoms with Gasteiger partial charge in [-0.05, 0) is 30.9 Å². The molecular formula is C12H15N3O. The first kappa shape index (κ1) is 9.66. The zero-order valence-corrected chi connectivity index (χ0v) is 9.02. The van der Waals surface area contributed by atoms with Crippen molar-refractivity contribution in [3.63, 3.8) is 0 Å². The van der Waals surface area contributed by atoms with E-state index in [1.807, 2.05) is 24.3 Å². The second-order valence-corrected chi connectivity index (χ2v) is 4.31. The van der Waals surface area contributed by atoms with Crippen LogP contribution in [0.4, 0.5) is 6.01 Å². The number of hydrogen-bond acceptors (Lipinski definition) is 4. The summed E-state index contributed by atoms with van der Waals surface area (Å²) in [5, 5.41) is 3.28. The Bertz CT molecular complexity index is 457. The van der Waals surface area contributed by atoms with Gasteiger partial charge in [0.2, 0.25) is 0 Å². The normalized spacial score (nSPS) is 17.6. The van der Waals surface area contributed by atoms with Crippen LogP contribution in [0.1, 0.15) is 12.8 Å². The first-order valence-electron chi connectivity index (χ1n) is 5.69. The lowest BCUT2D eigenvalue weighted by atomic mass is 10.2. The Morgan fingerprint density at radius 1 is 1.44 bits per heavy atom. The number of benzene rings is 1. The highest BCUT2D eigenvalue weighted by Gasteiger charge is 2.31. The molecule has 16 heavy (non-hydrogen) atoms. The van der Waals surface area contributed by atoms with Crippen LogP contribution in [0, 0.1) is 5.92 Å².